The first-order chi connectivity index (χ1) is 11.5. The molecule has 0 unspecified atom stereocenters. The Kier molecular flexibility index (Phi) is 6.11. The Hall–Kier alpha value is -2.18. The SMILES string of the molecule is CCC(CC)(CN)NC(=O)c1cccc(NC(=O)c2cccs2)c1. The van der Waals surface area contributed by atoms with Gasteiger partial charge in [0.25, 0.3) is 11.8 Å². The van der Waals surface area contributed by atoms with Crippen molar-refractivity contribution in [1.29, 1.82) is 0 Å². The lowest BCUT2D eigenvalue weighted by Gasteiger charge is -2.31. The summed E-state index contributed by atoms with van der Waals surface area (Å²) in [5.74, 6) is -0.364. The molecule has 0 aliphatic rings. The van der Waals surface area contributed by atoms with Crippen molar-refractivity contribution in [3.63, 3.8) is 0 Å². The van der Waals surface area contributed by atoms with Gasteiger partial charge in [-0.2, -0.15) is 0 Å². The summed E-state index contributed by atoms with van der Waals surface area (Å²) in [6.45, 7) is 4.41. The quantitative estimate of drug-likeness (QED) is 0.720. The van der Waals surface area contributed by atoms with Gasteiger partial charge in [0.1, 0.15) is 0 Å². The second-order valence-electron chi connectivity index (χ2n) is 5.66. The predicted octanol–water partition coefficient (Wildman–Crippen LogP) is 3.25. The Morgan fingerprint density at radius 3 is 2.46 bits per heavy atom. The zero-order valence-electron chi connectivity index (χ0n) is 14.0. The molecule has 0 spiro atoms. The monoisotopic (exact) mass is 345 g/mol. The van der Waals surface area contributed by atoms with Crippen LogP contribution in [-0.2, 0) is 0 Å². The van der Waals surface area contributed by atoms with E-state index in [4.69, 9.17) is 5.73 Å². The molecule has 2 aromatic rings. The fraction of sp³-hybridized carbons (Fsp3) is 0.333. The molecule has 0 saturated heterocycles. The van der Waals surface area contributed by atoms with E-state index < -0.39 is 5.54 Å². The summed E-state index contributed by atoms with van der Waals surface area (Å²) in [4.78, 5) is 25.3. The summed E-state index contributed by atoms with van der Waals surface area (Å²) in [5, 5.41) is 7.69. The van der Waals surface area contributed by atoms with E-state index >= 15 is 0 Å². The molecule has 2 amide bonds. The fourth-order valence-electron chi connectivity index (χ4n) is 2.42. The predicted molar refractivity (Wildman–Crippen MR) is 98.5 cm³/mol. The number of carbonyl (C=O) groups is 2. The molecule has 1 aromatic heterocycles. The Morgan fingerprint density at radius 2 is 1.88 bits per heavy atom. The third kappa shape index (κ3) is 4.21. The van der Waals surface area contributed by atoms with Gasteiger partial charge in [-0.15, -0.1) is 11.3 Å². The third-order valence-corrected chi connectivity index (χ3v) is 5.12. The molecule has 0 fully saturated rings. The summed E-state index contributed by atoms with van der Waals surface area (Å²) < 4.78 is 0. The molecule has 128 valence electrons. The highest BCUT2D eigenvalue weighted by molar-refractivity contribution is 7.12. The van der Waals surface area contributed by atoms with Crippen LogP contribution in [0.4, 0.5) is 5.69 Å². The van der Waals surface area contributed by atoms with E-state index in [1.54, 1.807) is 30.3 Å². The third-order valence-electron chi connectivity index (χ3n) is 4.25. The first-order valence-electron chi connectivity index (χ1n) is 8.01. The largest absolute Gasteiger partial charge is 0.345 e. The van der Waals surface area contributed by atoms with Gasteiger partial charge in [-0.05, 0) is 42.5 Å². The van der Waals surface area contributed by atoms with Crippen LogP contribution in [0, 0.1) is 0 Å². The number of amides is 2. The second-order valence-corrected chi connectivity index (χ2v) is 6.61. The van der Waals surface area contributed by atoms with Gasteiger partial charge in [-0.25, -0.2) is 0 Å². The molecule has 0 saturated carbocycles. The van der Waals surface area contributed by atoms with Crippen molar-refractivity contribution >= 4 is 28.8 Å². The van der Waals surface area contributed by atoms with Crippen LogP contribution < -0.4 is 16.4 Å². The van der Waals surface area contributed by atoms with Crippen molar-refractivity contribution in [3.05, 3.63) is 52.2 Å². The number of benzene rings is 1. The molecule has 2 rings (SSSR count). The van der Waals surface area contributed by atoms with Crippen LogP contribution in [-0.4, -0.2) is 23.9 Å². The van der Waals surface area contributed by atoms with Gasteiger partial charge in [0, 0.05) is 17.8 Å². The molecule has 0 aliphatic carbocycles. The molecule has 0 radical (unpaired) electrons. The van der Waals surface area contributed by atoms with E-state index in [-0.39, 0.29) is 11.8 Å². The maximum atomic E-state index is 12.5. The molecule has 0 bridgehead atoms. The zero-order chi connectivity index (χ0) is 17.6. The minimum Gasteiger partial charge on any atom is -0.345 e. The van der Waals surface area contributed by atoms with Gasteiger partial charge in [0.15, 0.2) is 0 Å². The van der Waals surface area contributed by atoms with Gasteiger partial charge in [-0.3, -0.25) is 9.59 Å². The molecule has 5 nitrogen and oxygen atoms in total. The standard InChI is InChI=1S/C18H23N3O2S/c1-3-18(4-2,12-19)21-16(22)13-7-5-8-14(11-13)20-17(23)15-9-6-10-24-15/h5-11H,3-4,12,19H2,1-2H3,(H,20,23)(H,21,22). The maximum absolute atomic E-state index is 12.5. The topological polar surface area (TPSA) is 84.2 Å². The average molecular weight is 345 g/mol. The Balaban J connectivity index is 2.12. The van der Waals surface area contributed by atoms with Crippen LogP contribution in [0.5, 0.6) is 0 Å². The number of thiophene rings is 1. The Morgan fingerprint density at radius 1 is 1.12 bits per heavy atom. The average Bonchev–Trinajstić information content (AvgIpc) is 3.15. The maximum Gasteiger partial charge on any atom is 0.265 e. The van der Waals surface area contributed by atoms with Crippen molar-refractivity contribution in [2.45, 2.75) is 32.2 Å². The molecule has 1 aromatic carbocycles. The summed E-state index contributed by atoms with van der Waals surface area (Å²) in [6, 6.07) is 10.5. The van der Waals surface area contributed by atoms with Crippen LogP contribution in [0.1, 0.15) is 46.7 Å². The van der Waals surface area contributed by atoms with Crippen LogP contribution in [0.25, 0.3) is 0 Å². The van der Waals surface area contributed by atoms with Gasteiger partial charge in [-0.1, -0.05) is 26.0 Å². The highest BCUT2D eigenvalue weighted by atomic mass is 32.1. The Bertz CT molecular complexity index is 686. The molecular weight excluding hydrogens is 322 g/mol. The lowest BCUT2D eigenvalue weighted by Crippen LogP contribution is -2.52. The van der Waals surface area contributed by atoms with Crippen LogP contribution in [0.2, 0.25) is 0 Å². The molecule has 0 atom stereocenters. The molecule has 24 heavy (non-hydrogen) atoms. The Labute approximate surface area is 146 Å². The van der Waals surface area contributed by atoms with Crippen LogP contribution in [0.3, 0.4) is 0 Å². The van der Waals surface area contributed by atoms with E-state index in [1.165, 1.54) is 11.3 Å². The van der Waals surface area contributed by atoms with E-state index in [2.05, 4.69) is 10.6 Å². The van der Waals surface area contributed by atoms with Crippen LogP contribution in [0.15, 0.2) is 41.8 Å². The van der Waals surface area contributed by atoms with Crippen molar-refractivity contribution in [3.8, 4) is 0 Å². The summed E-state index contributed by atoms with van der Waals surface area (Å²) >= 11 is 1.37. The second kappa shape index (κ2) is 8.08. The summed E-state index contributed by atoms with van der Waals surface area (Å²) in [7, 11) is 0. The normalized spacial score (nSPS) is 11.1. The van der Waals surface area contributed by atoms with Gasteiger partial charge >= 0.3 is 0 Å². The van der Waals surface area contributed by atoms with Crippen molar-refractivity contribution in [1.82, 2.24) is 5.32 Å². The summed E-state index contributed by atoms with van der Waals surface area (Å²) in [6.07, 6.45) is 1.53. The fourth-order valence-corrected chi connectivity index (χ4v) is 3.04. The number of anilines is 1. The van der Waals surface area contributed by atoms with Crippen LogP contribution >= 0.6 is 11.3 Å². The first-order valence-corrected chi connectivity index (χ1v) is 8.89. The lowest BCUT2D eigenvalue weighted by molar-refractivity contribution is 0.0894. The minimum absolute atomic E-state index is 0.180. The van der Waals surface area contributed by atoms with E-state index in [0.29, 0.717) is 22.7 Å². The number of nitrogens with two attached hydrogens (primary N) is 1. The van der Waals surface area contributed by atoms with Gasteiger partial charge < -0.3 is 16.4 Å². The van der Waals surface area contributed by atoms with Gasteiger partial charge in [0.2, 0.25) is 0 Å². The van der Waals surface area contributed by atoms with E-state index in [9.17, 15) is 9.59 Å². The smallest absolute Gasteiger partial charge is 0.265 e. The molecule has 1 heterocycles. The zero-order valence-corrected chi connectivity index (χ0v) is 14.8. The van der Waals surface area contributed by atoms with Crippen molar-refractivity contribution in [2.75, 3.05) is 11.9 Å². The molecule has 4 N–H and O–H groups in total. The van der Waals surface area contributed by atoms with Crippen molar-refractivity contribution in [2.24, 2.45) is 5.73 Å². The van der Waals surface area contributed by atoms with Gasteiger partial charge in [0.05, 0.1) is 10.4 Å². The van der Waals surface area contributed by atoms with E-state index in [1.807, 2.05) is 25.3 Å². The van der Waals surface area contributed by atoms with E-state index in [0.717, 1.165) is 12.8 Å². The first kappa shape index (κ1) is 18.2. The molecule has 6 heteroatoms. The molecule has 0 aliphatic heterocycles. The number of nitrogens with one attached hydrogen (secondary N) is 2. The molecular formula is C18H23N3O2S. The number of carbonyl (C=O) groups excluding carboxylic acids is 2. The highest BCUT2D eigenvalue weighted by Crippen LogP contribution is 2.17. The highest BCUT2D eigenvalue weighted by Gasteiger charge is 2.26. The van der Waals surface area contributed by atoms with Crippen molar-refractivity contribution < 1.29 is 9.59 Å². The minimum atomic E-state index is -0.396. The number of hydrogen-bond acceptors (Lipinski definition) is 4. The lowest BCUT2D eigenvalue weighted by atomic mass is 9.92. The number of hydrogen-bond donors (Lipinski definition) is 3. The summed E-state index contributed by atoms with van der Waals surface area (Å²) in [5.41, 5.74) is 6.53. The number of rotatable bonds is 7.